The number of benzene rings is 2. The van der Waals surface area contributed by atoms with Crippen LogP contribution in [0.15, 0.2) is 59.5 Å². The van der Waals surface area contributed by atoms with Gasteiger partial charge in [0, 0.05) is 16.9 Å². The number of halogens is 1. The van der Waals surface area contributed by atoms with Crippen LogP contribution >= 0.6 is 11.6 Å². The number of pyridine rings is 1. The van der Waals surface area contributed by atoms with E-state index in [1.165, 1.54) is 6.07 Å². The highest BCUT2D eigenvalue weighted by Crippen LogP contribution is 2.23. The smallest absolute Gasteiger partial charge is 0.263 e. The molecule has 0 aliphatic carbocycles. The van der Waals surface area contributed by atoms with Crippen molar-refractivity contribution >= 4 is 23.2 Å². The van der Waals surface area contributed by atoms with Crippen molar-refractivity contribution in [3.05, 3.63) is 97.9 Å². The molecule has 0 saturated carbocycles. The van der Waals surface area contributed by atoms with Gasteiger partial charge in [-0.3, -0.25) is 9.59 Å². The molecule has 1 heterocycles. The fourth-order valence-electron chi connectivity index (χ4n) is 2.92. The molecule has 1 N–H and O–H groups in total. The Labute approximate surface area is 163 Å². The van der Waals surface area contributed by atoms with E-state index in [9.17, 15) is 9.59 Å². The highest BCUT2D eigenvalue weighted by Gasteiger charge is 2.14. The lowest BCUT2D eigenvalue weighted by Gasteiger charge is -2.12. The number of carbonyl (C=O) groups excluding carboxylic acids is 1. The molecule has 0 fully saturated rings. The first-order valence-corrected chi connectivity index (χ1v) is 9.06. The van der Waals surface area contributed by atoms with Crippen LogP contribution < -0.4 is 10.9 Å². The first-order chi connectivity index (χ1) is 12.9. The first kappa shape index (κ1) is 18.9. The molecule has 3 aromatic rings. The van der Waals surface area contributed by atoms with E-state index in [0.29, 0.717) is 17.3 Å². The zero-order valence-corrected chi connectivity index (χ0v) is 16.3. The normalized spacial score (nSPS) is 10.7. The number of hydrogen-bond donors (Lipinski definition) is 1. The summed E-state index contributed by atoms with van der Waals surface area (Å²) in [5, 5.41) is 3.35. The van der Waals surface area contributed by atoms with Crippen molar-refractivity contribution in [2.45, 2.75) is 27.3 Å². The van der Waals surface area contributed by atoms with Crippen molar-refractivity contribution in [1.82, 2.24) is 4.57 Å². The van der Waals surface area contributed by atoms with Gasteiger partial charge in [0.25, 0.3) is 11.5 Å². The van der Waals surface area contributed by atoms with Crippen LogP contribution in [0.5, 0.6) is 0 Å². The van der Waals surface area contributed by atoms with Gasteiger partial charge in [-0.05, 0) is 61.7 Å². The predicted molar refractivity (Wildman–Crippen MR) is 110 cm³/mol. The van der Waals surface area contributed by atoms with Gasteiger partial charge in [0.1, 0.15) is 5.56 Å². The minimum Gasteiger partial charge on any atom is -0.322 e. The zero-order chi connectivity index (χ0) is 19.6. The molecule has 0 spiro atoms. The van der Waals surface area contributed by atoms with Crippen molar-refractivity contribution in [3.8, 4) is 0 Å². The summed E-state index contributed by atoms with van der Waals surface area (Å²) in [5.41, 5.74) is 4.43. The van der Waals surface area contributed by atoms with Gasteiger partial charge in [0.15, 0.2) is 0 Å². The third-order valence-electron chi connectivity index (χ3n) is 4.63. The van der Waals surface area contributed by atoms with Crippen LogP contribution in [-0.2, 0) is 6.54 Å². The summed E-state index contributed by atoms with van der Waals surface area (Å²) in [6.45, 7) is 6.27. The van der Waals surface area contributed by atoms with Crippen LogP contribution in [0.2, 0.25) is 5.02 Å². The standard InChI is InChI=1S/C22H21ClN2O2/c1-14-9-10-15(2)17(12-14)13-25-11-5-6-18(22(25)27)21(26)24-20-8-4-7-19(23)16(20)3/h4-12H,13H2,1-3H3,(H,24,26). The molecule has 27 heavy (non-hydrogen) atoms. The summed E-state index contributed by atoms with van der Waals surface area (Å²) in [7, 11) is 0. The quantitative estimate of drug-likeness (QED) is 0.711. The Balaban J connectivity index is 1.90. The average Bonchev–Trinajstić information content (AvgIpc) is 2.63. The minimum absolute atomic E-state index is 0.0992. The molecule has 1 aromatic heterocycles. The molecule has 0 aliphatic rings. The SMILES string of the molecule is Cc1ccc(C)c(Cn2cccc(C(=O)Nc3cccc(Cl)c3C)c2=O)c1. The lowest BCUT2D eigenvalue weighted by Crippen LogP contribution is -2.29. The van der Waals surface area contributed by atoms with Gasteiger partial charge in [-0.2, -0.15) is 0 Å². The fraction of sp³-hybridized carbons (Fsp3) is 0.182. The summed E-state index contributed by atoms with van der Waals surface area (Å²) >= 11 is 6.10. The number of nitrogens with one attached hydrogen (secondary N) is 1. The molecule has 0 radical (unpaired) electrons. The van der Waals surface area contributed by atoms with E-state index in [0.717, 1.165) is 22.3 Å². The number of rotatable bonds is 4. The first-order valence-electron chi connectivity index (χ1n) is 8.69. The number of aryl methyl sites for hydroxylation is 2. The number of nitrogens with zero attached hydrogens (tertiary/aromatic N) is 1. The molecule has 138 valence electrons. The van der Waals surface area contributed by atoms with Gasteiger partial charge in [-0.1, -0.05) is 41.4 Å². The predicted octanol–water partition coefficient (Wildman–Crippen LogP) is 4.73. The summed E-state index contributed by atoms with van der Waals surface area (Å²) in [4.78, 5) is 25.5. The molecule has 2 aromatic carbocycles. The summed E-state index contributed by atoms with van der Waals surface area (Å²) in [6, 6.07) is 14.7. The molecular formula is C22H21ClN2O2. The Hall–Kier alpha value is -2.85. The molecule has 4 nitrogen and oxygen atoms in total. The molecule has 0 aliphatic heterocycles. The maximum atomic E-state index is 12.8. The van der Waals surface area contributed by atoms with Gasteiger partial charge >= 0.3 is 0 Å². The van der Waals surface area contributed by atoms with Crippen LogP contribution in [0, 0.1) is 20.8 Å². The third kappa shape index (κ3) is 4.12. The van der Waals surface area contributed by atoms with Crippen LogP contribution in [0.25, 0.3) is 0 Å². The third-order valence-corrected chi connectivity index (χ3v) is 5.04. The van der Waals surface area contributed by atoms with Crippen LogP contribution in [-0.4, -0.2) is 10.5 Å². The van der Waals surface area contributed by atoms with E-state index in [1.807, 2.05) is 32.9 Å². The number of aromatic nitrogens is 1. The van der Waals surface area contributed by atoms with E-state index in [2.05, 4.69) is 11.4 Å². The molecule has 5 heteroatoms. The number of carbonyl (C=O) groups is 1. The highest BCUT2D eigenvalue weighted by molar-refractivity contribution is 6.31. The van der Waals surface area contributed by atoms with Crippen molar-refractivity contribution in [2.24, 2.45) is 0 Å². The Kier molecular flexibility index (Phi) is 5.47. The summed E-state index contributed by atoms with van der Waals surface area (Å²) in [6.07, 6.45) is 1.70. The monoisotopic (exact) mass is 380 g/mol. The molecule has 1 amide bonds. The summed E-state index contributed by atoms with van der Waals surface area (Å²) < 4.78 is 1.56. The summed E-state index contributed by atoms with van der Waals surface area (Å²) in [5.74, 6) is -0.444. The maximum absolute atomic E-state index is 12.8. The Morgan fingerprint density at radius 3 is 2.63 bits per heavy atom. The van der Waals surface area contributed by atoms with Crippen LogP contribution in [0.1, 0.15) is 32.6 Å². The molecule has 0 saturated heterocycles. The number of anilines is 1. The molecule has 0 bridgehead atoms. The Morgan fingerprint density at radius 1 is 1.07 bits per heavy atom. The van der Waals surface area contributed by atoms with Gasteiger partial charge in [0.2, 0.25) is 0 Å². The lowest BCUT2D eigenvalue weighted by molar-refractivity contribution is 0.102. The average molecular weight is 381 g/mol. The van der Waals surface area contributed by atoms with Crippen molar-refractivity contribution < 1.29 is 4.79 Å². The maximum Gasteiger partial charge on any atom is 0.263 e. The fourth-order valence-corrected chi connectivity index (χ4v) is 3.10. The topological polar surface area (TPSA) is 51.1 Å². The second-order valence-corrected chi connectivity index (χ2v) is 7.06. The second kappa shape index (κ2) is 7.80. The van der Waals surface area contributed by atoms with E-state index in [-0.39, 0.29) is 11.1 Å². The highest BCUT2D eigenvalue weighted by atomic mass is 35.5. The lowest BCUT2D eigenvalue weighted by atomic mass is 10.1. The Bertz CT molecular complexity index is 1070. The minimum atomic E-state index is -0.444. The van der Waals surface area contributed by atoms with Gasteiger partial charge in [-0.25, -0.2) is 0 Å². The van der Waals surface area contributed by atoms with E-state index >= 15 is 0 Å². The number of hydrogen-bond acceptors (Lipinski definition) is 2. The van der Waals surface area contributed by atoms with Crippen molar-refractivity contribution in [2.75, 3.05) is 5.32 Å². The van der Waals surface area contributed by atoms with E-state index in [4.69, 9.17) is 11.6 Å². The second-order valence-electron chi connectivity index (χ2n) is 6.65. The van der Waals surface area contributed by atoms with Crippen LogP contribution in [0.3, 0.4) is 0 Å². The van der Waals surface area contributed by atoms with Gasteiger partial charge in [-0.15, -0.1) is 0 Å². The number of amides is 1. The zero-order valence-electron chi connectivity index (χ0n) is 15.5. The molecular weight excluding hydrogens is 360 g/mol. The van der Waals surface area contributed by atoms with Crippen LogP contribution in [0.4, 0.5) is 5.69 Å². The van der Waals surface area contributed by atoms with Gasteiger partial charge in [0.05, 0.1) is 6.54 Å². The van der Waals surface area contributed by atoms with Crippen molar-refractivity contribution in [3.63, 3.8) is 0 Å². The Morgan fingerprint density at radius 2 is 1.85 bits per heavy atom. The molecule has 3 rings (SSSR count). The molecule has 0 atom stereocenters. The van der Waals surface area contributed by atoms with E-state index < -0.39 is 5.91 Å². The van der Waals surface area contributed by atoms with E-state index in [1.54, 1.807) is 35.0 Å². The molecule has 0 unspecified atom stereocenters. The van der Waals surface area contributed by atoms with Crippen molar-refractivity contribution in [1.29, 1.82) is 0 Å². The van der Waals surface area contributed by atoms with Gasteiger partial charge < -0.3 is 9.88 Å². The largest absolute Gasteiger partial charge is 0.322 e.